The Kier molecular flexibility index (Phi) is 4.35. The van der Waals surface area contributed by atoms with E-state index in [2.05, 4.69) is 67.6 Å². The van der Waals surface area contributed by atoms with E-state index in [4.69, 9.17) is 4.74 Å². The van der Waals surface area contributed by atoms with E-state index in [1.54, 1.807) is 6.20 Å². The second kappa shape index (κ2) is 7.58. The number of ether oxygens (including phenoxy) is 1. The fourth-order valence-corrected chi connectivity index (χ4v) is 5.47. The van der Waals surface area contributed by atoms with Crippen LogP contribution in [0.1, 0.15) is 5.56 Å². The lowest BCUT2D eigenvalue weighted by molar-refractivity contribution is 0.188. The van der Waals surface area contributed by atoms with Gasteiger partial charge in [-0.2, -0.15) is 15.5 Å². The van der Waals surface area contributed by atoms with Crippen molar-refractivity contribution in [2.75, 3.05) is 38.2 Å². The molecule has 2 N–H and O–H groups in total. The summed E-state index contributed by atoms with van der Waals surface area (Å²) in [5.74, 6) is 0.900. The first-order valence-electron chi connectivity index (χ1n) is 11.8. The molecule has 172 valence electrons. The van der Waals surface area contributed by atoms with Crippen molar-refractivity contribution in [2.45, 2.75) is 6.04 Å². The van der Waals surface area contributed by atoms with Crippen LogP contribution >= 0.6 is 0 Å². The summed E-state index contributed by atoms with van der Waals surface area (Å²) in [7, 11) is 2.16. The largest absolute Gasteiger partial charge is 0.489 e. The van der Waals surface area contributed by atoms with Crippen LogP contribution in [0.2, 0.25) is 0 Å². The summed E-state index contributed by atoms with van der Waals surface area (Å²) in [5.41, 5.74) is 7.18. The number of benzene rings is 3. The number of piperazine rings is 1. The Labute approximate surface area is 201 Å². The van der Waals surface area contributed by atoms with E-state index < -0.39 is 0 Å². The first-order valence-corrected chi connectivity index (χ1v) is 11.8. The van der Waals surface area contributed by atoms with Gasteiger partial charge in [0, 0.05) is 41.5 Å². The van der Waals surface area contributed by atoms with Crippen LogP contribution in [0.25, 0.3) is 44.2 Å². The van der Waals surface area contributed by atoms with Gasteiger partial charge in [0.05, 0.1) is 40.6 Å². The SMILES string of the molecule is CN1CCN2c3ccc(-c4n[nH]c5cc(C#N)c(-c6cccc7[nH]ncc67)cc45)cc3OCC2C1. The highest BCUT2D eigenvalue weighted by molar-refractivity contribution is 6.02. The Bertz CT molecular complexity index is 1640. The Balaban J connectivity index is 1.35. The van der Waals surface area contributed by atoms with Gasteiger partial charge in [-0.05, 0) is 42.9 Å². The number of H-pyrrole nitrogens is 2. The van der Waals surface area contributed by atoms with Crippen LogP contribution < -0.4 is 9.64 Å². The van der Waals surface area contributed by atoms with Crippen LogP contribution in [0.15, 0.2) is 54.7 Å². The summed E-state index contributed by atoms with van der Waals surface area (Å²) in [4.78, 5) is 4.82. The average molecular weight is 462 g/mol. The second-order valence-corrected chi connectivity index (χ2v) is 9.37. The maximum atomic E-state index is 9.90. The third-order valence-electron chi connectivity index (χ3n) is 7.26. The molecule has 1 unspecified atom stereocenters. The number of aromatic amines is 2. The summed E-state index contributed by atoms with van der Waals surface area (Å²) in [6, 6.07) is 19.0. The van der Waals surface area contributed by atoms with E-state index in [-0.39, 0.29) is 0 Å². The van der Waals surface area contributed by atoms with Crippen molar-refractivity contribution in [3.8, 4) is 34.2 Å². The molecule has 1 saturated heterocycles. The van der Waals surface area contributed by atoms with Crippen LogP contribution in [0.4, 0.5) is 5.69 Å². The maximum Gasteiger partial charge on any atom is 0.143 e. The number of hydrogen-bond acceptors (Lipinski definition) is 6. The molecule has 0 aliphatic carbocycles. The number of aromatic nitrogens is 4. The summed E-state index contributed by atoms with van der Waals surface area (Å²) in [6.07, 6.45) is 1.80. The van der Waals surface area contributed by atoms with Crippen molar-refractivity contribution in [3.05, 3.63) is 60.3 Å². The molecule has 2 aliphatic heterocycles. The number of nitrogens with zero attached hydrogens (tertiary/aromatic N) is 5. The maximum absolute atomic E-state index is 9.90. The minimum Gasteiger partial charge on any atom is -0.489 e. The average Bonchev–Trinajstić information content (AvgIpc) is 3.54. The van der Waals surface area contributed by atoms with Crippen molar-refractivity contribution in [3.63, 3.8) is 0 Å². The van der Waals surface area contributed by atoms with Gasteiger partial charge in [-0.25, -0.2) is 0 Å². The first-order chi connectivity index (χ1) is 17.2. The van der Waals surface area contributed by atoms with Gasteiger partial charge in [-0.15, -0.1) is 0 Å². The molecule has 35 heavy (non-hydrogen) atoms. The number of hydrogen-bond donors (Lipinski definition) is 2. The lowest BCUT2D eigenvalue weighted by atomic mass is 9.94. The predicted molar refractivity (Wildman–Crippen MR) is 135 cm³/mol. The minimum atomic E-state index is 0.385. The van der Waals surface area contributed by atoms with Gasteiger partial charge in [0.25, 0.3) is 0 Å². The van der Waals surface area contributed by atoms with Crippen molar-refractivity contribution in [2.24, 2.45) is 0 Å². The van der Waals surface area contributed by atoms with Crippen molar-refractivity contribution in [1.29, 1.82) is 5.26 Å². The molecule has 8 nitrogen and oxygen atoms in total. The van der Waals surface area contributed by atoms with Crippen LogP contribution in [-0.4, -0.2) is 64.6 Å². The number of anilines is 1. The fraction of sp³-hybridized carbons (Fsp3) is 0.222. The number of nitrogens with one attached hydrogen (secondary N) is 2. The molecule has 7 rings (SSSR count). The molecule has 2 aliphatic rings. The molecule has 8 heteroatoms. The Hall–Kier alpha value is -4.35. The third kappa shape index (κ3) is 3.09. The highest BCUT2D eigenvalue weighted by Crippen LogP contribution is 2.40. The van der Waals surface area contributed by atoms with Crippen LogP contribution in [0.3, 0.4) is 0 Å². The summed E-state index contributed by atoms with van der Waals surface area (Å²) in [6.45, 7) is 3.75. The van der Waals surface area contributed by atoms with Gasteiger partial charge in [0.15, 0.2) is 0 Å². The van der Waals surface area contributed by atoms with E-state index in [1.165, 1.54) is 0 Å². The monoisotopic (exact) mass is 461 g/mol. The zero-order valence-electron chi connectivity index (χ0n) is 19.2. The number of fused-ring (bicyclic) bond motifs is 5. The Morgan fingerprint density at radius 2 is 1.97 bits per heavy atom. The molecule has 1 atom stereocenters. The van der Waals surface area contributed by atoms with E-state index in [1.807, 2.05) is 24.3 Å². The molecule has 1 fully saturated rings. The van der Waals surface area contributed by atoms with Crippen molar-refractivity contribution < 1.29 is 4.74 Å². The molecule has 3 aromatic carbocycles. The van der Waals surface area contributed by atoms with Crippen LogP contribution in [0.5, 0.6) is 5.75 Å². The van der Waals surface area contributed by atoms with Crippen molar-refractivity contribution in [1.82, 2.24) is 25.3 Å². The smallest absolute Gasteiger partial charge is 0.143 e. The molecule has 2 aromatic heterocycles. The highest BCUT2D eigenvalue weighted by atomic mass is 16.5. The third-order valence-corrected chi connectivity index (χ3v) is 7.26. The molecule has 5 aromatic rings. The predicted octanol–water partition coefficient (Wildman–Crippen LogP) is 4.16. The van der Waals surface area contributed by atoms with E-state index in [9.17, 15) is 5.26 Å². The topological polar surface area (TPSA) is 96.9 Å². The van der Waals surface area contributed by atoms with Crippen LogP contribution in [0, 0.1) is 11.3 Å². The zero-order valence-corrected chi connectivity index (χ0v) is 19.2. The van der Waals surface area contributed by atoms with Crippen LogP contribution in [-0.2, 0) is 0 Å². The highest BCUT2D eigenvalue weighted by Gasteiger charge is 2.32. The molecule has 0 amide bonds. The first kappa shape index (κ1) is 20.1. The lowest BCUT2D eigenvalue weighted by Gasteiger charge is -2.44. The number of likely N-dealkylation sites (N-methyl/N-ethyl adjacent to an activating group) is 1. The van der Waals surface area contributed by atoms with Gasteiger partial charge < -0.3 is 14.5 Å². The second-order valence-electron chi connectivity index (χ2n) is 9.37. The van der Waals surface area contributed by atoms with E-state index in [0.29, 0.717) is 18.2 Å². The molecule has 0 radical (unpaired) electrons. The molecule has 4 heterocycles. The number of rotatable bonds is 2. The standard InChI is InChI=1S/C27H23N7O/c1-33-7-8-34-18(14-33)15-35-26-10-16(5-6-25(26)34)27-21-11-20(17(12-28)9-24(21)31-32-27)19-3-2-4-23-22(19)13-29-30-23/h2-6,9-11,13,18H,7-8,14-15H2,1H3,(H,29,30)(H,31,32). The molecule has 0 saturated carbocycles. The summed E-state index contributed by atoms with van der Waals surface area (Å²) >= 11 is 0. The van der Waals surface area contributed by atoms with Gasteiger partial charge in [0.2, 0.25) is 0 Å². The normalized spacial score (nSPS) is 17.7. The molecular weight excluding hydrogens is 438 g/mol. The van der Waals surface area contributed by atoms with Gasteiger partial charge >= 0.3 is 0 Å². The van der Waals surface area contributed by atoms with Gasteiger partial charge in [-0.3, -0.25) is 10.2 Å². The van der Waals surface area contributed by atoms with Crippen molar-refractivity contribution >= 4 is 27.5 Å². The minimum absolute atomic E-state index is 0.385. The Morgan fingerprint density at radius 1 is 1.03 bits per heavy atom. The molecule has 0 spiro atoms. The zero-order chi connectivity index (χ0) is 23.5. The molecule has 0 bridgehead atoms. The summed E-state index contributed by atoms with van der Waals surface area (Å²) in [5, 5.41) is 26.8. The van der Waals surface area contributed by atoms with E-state index in [0.717, 1.165) is 75.3 Å². The molecular formula is C27H23N7O. The fourth-order valence-electron chi connectivity index (χ4n) is 5.47. The summed E-state index contributed by atoms with van der Waals surface area (Å²) < 4.78 is 6.20. The van der Waals surface area contributed by atoms with Gasteiger partial charge in [0.1, 0.15) is 18.1 Å². The van der Waals surface area contributed by atoms with E-state index >= 15 is 0 Å². The van der Waals surface area contributed by atoms with Gasteiger partial charge in [-0.1, -0.05) is 18.2 Å². The lowest BCUT2D eigenvalue weighted by Crippen LogP contribution is -2.56. The number of nitriles is 1. The quantitative estimate of drug-likeness (QED) is 0.410. The Morgan fingerprint density at radius 3 is 2.89 bits per heavy atom.